The van der Waals surface area contributed by atoms with E-state index in [-0.39, 0.29) is 0 Å². The Bertz CT molecular complexity index is 861. The normalized spacial score (nSPS) is 35.7. The molecule has 0 radical (unpaired) electrons. The monoisotopic (exact) mass is 532 g/mol. The summed E-state index contributed by atoms with van der Waals surface area (Å²) in [5.41, 5.74) is 7.86. The van der Waals surface area contributed by atoms with E-state index in [1.54, 1.807) is 5.57 Å². The van der Waals surface area contributed by atoms with Crippen molar-refractivity contribution in [1.82, 2.24) is 5.32 Å². The fourth-order valence-electron chi connectivity index (χ4n) is 10.0. The Hall–Kier alpha value is -1.12. The number of allylic oxidation sites excluding steroid dienone is 5. The van der Waals surface area contributed by atoms with Crippen LogP contribution in [0, 0.1) is 53.3 Å². The summed E-state index contributed by atoms with van der Waals surface area (Å²) in [7, 11) is 0. The van der Waals surface area contributed by atoms with Crippen LogP contribution < -0.4 is 11.1 Å². The zero-order valence-electron chi connectivity index (χ0n) is 25.4. The van der Waals surface area contributed by atoms with Crippen molar-refractivity contribution in [2.24, 2.45) is 59.0 Å². The Morgan fingerprint density at radius 2 is 1.67 bits per heavy atom. The van der Waals surface area contributed by atoms with E-state index in [9.17, 15) is 0 Å². The standard InChI is InChI=1S/C37H60N2/c1-3-12-30(25-38)33-24-23-32(35-18-9-10-19-36(33)35)27(2)21-22-31(28-13-5-4-6-14-28)26-39-37-20-11-16-29-15-7-8-17-34(29)37/h3,7,11-12,15-16,20,27-28,30-37,39H,4-6,8-10,13-14,17-19,21-26,38H2,1-2H3/b12-3-. The van der Waals surface area contributed by atoms with Crippen molar-refractivity contribution in [3.63, 3.8) is 0 Å². The number of hydrogen-bond donors (Lipinski definition) is 2. The van der Waals surface area contributed by atoms with Crippen molar-refractivity contribution >= 4 is 0 Å². The molecule has 0 aromatic carbocycles. The van der Waals surface area contributed by atoms with Gasteiger partial charge < -0.3 is 11.1 Å². The average molecular weight is 533 g/mol. The molecule has 0 saturated heterocycles. The fourth-order valence-corrected chi connectivity index (χ4v) is 10.0. The van der Waals surface area contributed by atoms with Crippen LogP contribution in [0.4, 0.5) is 0 Å². The predicted molar refractivity (Wildman–Crippen MR) is 168 cm³/mol. The Morgan fingerprint density at radius 1 is 0.923 bits per heavy atom. The molecule has 39 heavy (non-hydrogen) atoms. The lowest BCUT2D eigenvalue weighted by Crippen LogP contribution is -2.43. The van der Waals surface area contributed by atoms with Gasteiger partial charge in [0.1, 0.15) is 0 Å². The summed E-state index contributed by atoms with van der Waals surface area (Å²) in [4.78, 5) is 0. The topological polar surface area (TPSA) is 38.0 Å². The van der Waals surface area contributed by atoms with E-state index >= 15 is 0 Å². The summed E-state index contributed by atoms with van der Waals surface area (Å²) >= 11 is 0. The molecule has 0 heterocycles. The molecular weight excluding hydrogens is 472 g/mol. The Kier molecular flexibility index (Phi) is 11.1. The first kappa shape index (κ1) is 29.4. The molecule has 5 rings (SSSR count). The van der Waals surface area contributed by atoms with E-state index in [2.05, 4.69) is 61.7 Å². The van der Waals surface area contributed by atoms with E-state index in [4.69, 9.17) is 5.73 Å². The van der Waals surface area contributed by atoms with Gasteiger partial charge >= 0.3 is 0 Å². The van der Waals surface area contributed by atoms with Gasteiger partial charge in [-0.3, -0.25) is 0 Å². The van der Waals surface area contributed by atoms with Crippen molar-refractivity contribution < 1.29 is 0 Å². The summed E-state index contributed by atoms with van der Waals surface area (Å²) in [6.07, 6.45) is 38.0. The van der Waals surface area contributed by atoms with Gasteiger partial charge in [0.25, 0.3) is 0 Å². The average Bonchev–Trinajstić information content (AvgIpc) is 3.00. The lowest BCUT2D eigenvalue weighted by molar-refractivity contribution is 0.00580. The molecule has 5 aliphatic rings. The molecule has 0 spiro atoms. The van der Waals surface area contributed by atoms with Crippen molar-refractivity contribution in [2.45, 2.75) is 116 Å². The molecule has 0 bridgehead atoms. The highest BCUT2D eigenvalue weighted by Gasteiger charge is 2.44. The van der Waals surface area contributed by atoms with Crippen molar-refractivity contribution in [3.8, 4) is 0 Å². The van der Waals surface area contributed by atoms with Crippen LogP contribution >= 0.6 is 0 Å². The van der Waals surface area contributed by atoms with E-state index in [1.165, 1.54) is 103 Å². The Morgan fingerprint density at radius 3 is 2.44 bits per heavy atom. The Balaban J connectivity index is 1.20. The van der Waals surface area contributed by atoms with Gasteiger partial charge in [-0.05, 0) is 118 Å². The third-order valence-corrected chi connectivity index (χ3v) is 12.1. The van der Waals surface area contributed by atoms with Gasteiger partial charge in [-0.15, -0.1) is 0 Å². The van der Waals surface area contributed by atoms with Crippen LogP contribution in [0.25, 0.3) is 0 Å². The van der Waals surface area contributed by atoms with Gasteiger partial charge in [0, 0.05) is 12.0 Å². The first-order valence-corrected chi connectivity index (χ1v) is 17.3. The van der Waals surface area contributed by atoms with E-state index in [0.717, 1.165) is 48.0 Å². The van der Waals surface area contributed by atoms with Gasteiger partial charge in [0.2, 0.25) is 0 Å². The Labute approximate surface area is 241 Å². The number of fused-ring (bicyclic) bond motifs is 2. The van der Waals surface area contributed by atoms with Crippen LogP contribution in [0.1, 0.15) is 110 Å². The molecule has 0 aromatic rings. The SMILES string of the molecule is C/C=C\C(CN)C1CCC(C(C)CCC(CNC2C=CC=C3C=CCCC32)C2CCCCC2)C2CCCCC12. The van der Waals surface area contributed by atoms with Gasteiger partial charge in [0.05, 0.1) is 0 Å². The second kappa shape index (κ2) is 14.7. The minimum absolute atomic E-state index is 0.532. The molecule has 3 N–H and O–H groups in total. The van der Waals surface area contributed by atoms with Gasteiger partial charge in [0.15, 0.2) is 0 Å². The maximum Gasteiger partial charge on any atom is 0.0322 e. The molecule has 9 unspecified atom stereocenters. The van der Waals surface area contributed by atoms with Crippen LogP contribution in [0.2, 0.25) is 0 Å². The second-order valence-corrected chi connectivity index (χ2v) is 14.2. The quantitative estimate of drug-likeness (QED) is 0.261. The van der Waals surface area contributed by atoms with Crippen LogP contribution in [0.5, 0.6) is 0 Å². The minimum Gasteiger partial charge on any atom is -0.330 e. The van der Waals surface area contributed by atoms with Crippen LogP contribution in [0.3, 0.4) is 0 Å². The second-order valence-electron chi connectivity index (χ2n) is 14.2. The maximum absolute atomic E-state index is 6.31. The number of nitrogens with two attached hydrogens (primary N) is 1. The van der Waals surface area contributed by atoms with E-state index < -0.39 is 0 Å². The molecule has 218 valence electrons. The van der Waals surface area contributed by atoms with E-state index in [0.29, 0.717) is 17.9 Å². The molecule has 9 atom stereocenters. The zero-order valence-corrected chi connectivity index (χ0v) is 25.4. The number of nitrogens with one attached hydrogen (secondary N) is 1. The summed E-state index contributed by atoms with van der Waals surface area (Å²) in [6.45, 7) is 6.88. The van der Waals surface area contributed by atoms with Gasteiger partial charge in [-0.25, -0.2) is 0 Å². The minimum atomic E-state index is 0.532. The molecule has 3 saturated carbocycles. The highest BCUT2D eigenvalue weighted by atomic mass is 14.9. The van der Waals surface area contributed by atoms with E-state index in [1.807, 2.05) is 0 Å². The van der Waals surface area contributed by atoms with Crippen molar-refractivity contribution in [2.75, 3.05) is 13.1 Å². The van der Waals surface area contributed by atoms with Crippen LogP contribution in [-0.4, -0.2) is 19.1 Å². The van der Waals surface area contributed by atoms with Gasteiger partial charge in [-0.2, -0.15) is 0 Å². The zero-order chi connectivity index (χ0) is 27.0. The molecule has 0 aromatic heterocycles. The molecular formula is C37H60N2. The fraction of sp³-hybridized carbons (Fsp3) is 0.784. The first-order valence-electron chi connectivity index (χ1n) is 17.3. The third kappa shape index (κ3) is 7.21. The van der Waals surface area contributed by atoms with Crippen molar-refractivity contribution in [3.05, 3.63) is 48.1 Å². The molecule has 0 amide bonds. The maximum atomic E-state index is 6.31. The summed E-state index contributed by atoms with van der Waals surface area (Å²) in [6, 6.07) is 0.532. The summed E-state index contributed by atoms with van der Waals surface area (Å²) < 4.78 is 0. The van der Waals surface area contributed by atoms with Crippen LogP contribution in [0.15, 0.2) is 48.1 Å². The number of rotatable bonds is 11. The molecule has 0 aliphatic heterocycles. The molecule has 3 fully saturated rings. The largest absolute Gasteiger partial charge is 0.330 e. The lowest BCUT2D eigenvalue weighted by atomic mass is 9.55. The molecule has 2 nitrogen and oxygen atoms in total. The smallest absolute Gasteiger partial charge is 0.0322 e. The third-order valence-electron chi connectivity index (χ3n) is 12.1. The highest BCUT2D eigenvalue weighted by molar-refractivity contribution is 5.35. The molecule has 5 aliphatic carbocycles. The summed E-state index contributed by atoms with van der Waals surface area (Å²) in [5, 5.41) is 4.12. The van der Waals surface area contributed by atoms with Gasteiger partial charge in [-0.1, -0.05) is 101 Å². The highest BCUT2D eigenvalue weighted by Crippen LogP contribution is 2.52. The lowest BCUT2D eigenvalue weighted by Gasteiger charge is -2.50. The number of hydrogen-bond acceptors (Lipinski definition) is 2. The molecule has 2 heteroatoms. The van der Waals surface area contributed by atoms with Crippen LogP contribution in [-0.2, 0) is 0 Å². The first-order chi connectivity index (χ1) is 19.2. The summed E-state index contributed by atoms with van der Waals surface area (Å²) in [5.74, 6) is 7.59. The predicted octanol–water partition coefficient (Wildman–Crippen LogP) is 9.00. The van der Waals surface area contributed by atoms with Crippen molar-refractivity contribution in [1.29, 1.82) is 0 Å².